The number of hydrogen-bond donors (Lipinski definition) is 2. The molecule has 24 heavy (non-hydrogen) atoms. The van der Waals surface area contributed by atoms with E-state index in [2.05, 4.69) is 10.3 Å². The van der Waals surface area contributed by atoms with Crippen molar-refractivity contribution in [3.8, 4) is 11.1 Å². The molecule has 0 aliphatic carbocycles. The van der Waals surface area contributed by atoms with Gasteiger partial charge in [0.05, 0.1) is 17.3 Å². The molecule has 0 radical (unpaired) electrons. The molecule has 1 aliphatic heterocycles. The van der Waals surface area contributed by atoms with Crippen LogP contribution in [0.1, 0.15) is 12.1 Å². The molecule has 124 valence electrons. The van der Waals surface area contributed by atoms with Gasteiger partial charge >= 0.3 is 12.0 Å². The summed E-state index contributed by atoms with van der Waals surface area (Å²) in [5.74, 6) is -1.33. The third-order valence-electron chi connectivity index (χ3n) is 4.26. The molecule has 1 atom stereocenters. The number of aromatic nitrogens is 1. The minimum atomic E-state index is -0.853. The van der Waals surface area contributed by atoms with Crippen LogP contribution in [0.2, 0.25) is 0 Å². The lowest BCUT2D eigenvalue weighted by Crippen LogP contribution is -2.34. The lowest BCUT2D eigenvalue weighted by molar-refractivity contribution is -0.141. The van der Waals surface area contributed by atoms with Crippen molar-refractivity contribution < 1.29 is 14.7 Å². The van der Waals surface area contributed by atoms with Gasteiger partial charge in [-0.05, 0) is 25.0 Å². The number of carbonyl (C=O) groups excluding carboxylic acids is 1. The van der Waals surface area contributed by atoms with Crippen LogP contribution in [0, 0.1) is 12.8 Å². The Bertz CT molecular complexity index is 761. The fourth-order valence-electron chi connectivity index (χ4n) is 2.79. The second kappa shape index (κ2) is 6.70. The van der Waals surface area contributed by atoms with Crippen LogP contribution in [-0.4, -0.2) is 40.1 Å². The van der Waals surface area contributed by atoms with E-state index in [0.717, 1.165) is 16.8 Å². The number of urea groups is 1. The normalized spacial score (nSPS) is 16.9. The number of benzene rings is 1. The predicted octanol–water partition coefficient (Wildman–Crippen LogP) is 3.00. The monoisotopic (exact) mass is 325 g/mol. The van der Waals surface area contributed by atoms with Crippen molar-refractivity contribution in [3.63, 3.8) is 0 Å². The molecule has 3 rings (SSSR count). The number of carboxylic acids is 1. The summed E-state index contributed by atoms with van der Waals surface area (Å²) in [7, 11) is 0. The Labute approximate surface area is 140 Å². The smallest absolute Gasteiger partial charge is 0.321 e. The van der Waals surface area contributed by atoms with Crippen molar-refractivity contribution in [2.45, 2.75) is 13.3 Å². The highest BCUT2D eigenvalue weighted by Crippen LogP contribution is 2.24. The lowest BCUT2D eigenvalue weighted by Gasteiger charge is -2.18. The Hall–Kier alpha value is -2.89. The van der Waals surface area contributed by atoms with Crippen molar-refractivity contribution in [2.75, 3.05) is 18.4 Å². The summed E-state index contributed by atoms with van der Waals surface area (Å²) in [6.45, 7) is 2.52. The summed E-state index contributed by atoms with van der Waals surface area (Å²) in [6, 6.07) is 11.4. The number of pyridine rings is 1. The average Bonchev–Trinajstić information content (AvgIpc) is 3.08. The van der Waals surface area contributed by atoms with E-state index in [4.69, 9.17) is 5.11 Å². The fourth-order valence-corrected chi connectivity index (χ4v) is 2.79. The third kappa shape index (κ3) is 3.37. The standard InChI is InChI=1S/C18H19N3O3/c1-12-16(9-15(10-19-12)13-5-3-2-4-6-13)20-18(24)21-8-7-14(11-21)17(22)23/h2-6,9-10,14H,7-8,11H2,1H3,(H,20,24)(H,22,23). The Morgan fingerprint density at radius 2 is 2.00 bits per heavy atom. The number of amides is 2. The number of hydrogen-bond acceptors (Lipinski definition) is 3. The Morgan fingerprint density at radius 1 is 1.25 bits per heavy atom. The molecule has 6 heteroatoms. The van der Waals surface area contributed by atoms with Gasteiger partial charge in [0.25, 0.3) is 0 Å². The Balaban J connectivity index is 1.75. The van der Waals surface area contributed by atoms with E-state index in [1.807, 2.05) is 43.3 Å². The maximum atomic E-state index is 12.4. The first-order valence-electron chi connectivity index (χ1n) is 7.85. The van der Waals surface area contributed by atoms with Crippen LogP contribution in [-0.2, 0) is 4.79 Å². The van der Waals surface area contributed by atoms with Crippen LogP contribution in [0.4, 0.5) is 10.5 Å². The number of carboxylic acid groups (broad SMARTS) is 1. The highest BCUT2D eigenvalue weighted by Gasteiger charge is 2.31. The van der Waals surface area contributed by atoms with Gasteiger partial charge in [-0.15, -0.1) is 0 Å². The summed E-state index contributed by atoms with van der Waals surface area (Å²) in [6.07, 6.45) is 2.26. The van der Waals surface area contributed by atoms with Crippen molar-refractivity contribution in [3.05, 3.63) is 48.3 Å². The van der Waals surface area contributed by atoms with Crippen molar-refractivity contribution in [1.29, 1.82) is 0 Å². The second-order valence-electron chi connectivity index (χ2n) is 5.92. The van der Waals surface area contributed by atoms with Gasteiger partial charge in [0, 0.05) is 24.8 Å². The summed E-state index contributed by atoms with van der Waals surface area (Å²) in [4.78, 5) is 29.3. The first-order valence-corrected chi connectivity index (χ1v) is 7.85. The molecule has 2 amide bonds. The van der Waals surface area contributed by atoms with Crippen LogP contribution in [0.3, 0.4) is 0 Å². The maximum Gasteiger partial charge on any atom is 0.321 e. The molecule has 0 bridgehead atoms. The Morgan fingerprint density at radius 3 is 2.67 bits per heavy atom. The number of anilines is 1. The topological polar surface area (TPSA) is 82.5 Å². The zero-order valence-corrected chi connectivity index (χ0v) is 13.4. The third-order valence-corrected chi connectivity index (χ3v) is 4.26. The zero-order chi connectivity index (χ0) is 17.1. The number of rotatable bonds is 3. The van der Waals surface area contributed by atoms with E-state index in [9.17, 15) is 9.59 Å². The van der Waals surface area contributed by atoms with Gasteiger partial charge in [0.2, 0.25) is 0 Å². The van der Waals surface area contributed by atoms with Crippen molar-refractivity contribution in [1.82, 2.24) is 9.88 Å². The van der Waals surface area contributed by atoms with Gasteiger partial charge in [0.1, 0.15) is 0 Å². The van der Waals surface area contributed by atoms with Gasteiger partial charge in [0.15, 0.2) is 0 Å². The molecular weight excluding hydrogens is 306 g/mol. The van der Waals surface area contributed by atoms with Crippen LogP contribution < -0.4 is 5.32 Å². The lowest BCUT2D eigenvalue weighted by atomic mass is 10.1. The van der Waals surface area contributed by atoms with Crippen LogP contribution in [0.5, 0.6) is 0 Å². The molecule has 2 heterocycles. The molecule has 0 spiro atoms. The molecule has 1 aromatic carbocycles. The summed E-state index contributed by atoms with van der Waals surface area (Å²) < 4.78 is 0. The number of likely N-dealkylation sites (tertiary alicyclic amines) is 1. The molecule has 1 aliphatic rings. The number of nitrogens with one attached hydrogen (secondary N) is 1. The molecule has 6 nitrogen and oxygen atoms in total. The van der Waals surface area contributed by atoms with E-state index in [0.29, 0.717) is 18.7 Å². The summed E-state index contributed by atoms with van der Waals surface area (Å²) >= 11 is 0. The predicted molar refractivity (Wildman–Crippen MR) is 90.7 cm³/mol. The SMILES string of the molecule is Cc1ncc(-c2ccccc2)cc1NC(=O)N1CCC(C(=O)O)C1. The molecule has 2 aromatic rings. The average molecular weight is 325 g/mol. The van der Waals surface area contributed by atoms with Gasteiger partial charge in [-0.2, -0.15) is 0 Å². The first-order chi connectivity index (χ1) is 11.5. The number of carbonyl (C=O) groups is 2. The van der Waals surface area contributed by atoms with Gasteiger partial charge < -0.3 is 15.3 Å². The molecular formula is C18H19N3O3. The number of aryl methyl sites for hydroxylation is 1. The van der Waals surface area contributed by atoms with Gasteiger partial charge in [-0.1, -0.05) is 30.3 Å². The van der Waals surface area contributed by atoms with Gasteiger partial charge in [-0.25, -0.2) is 4.79 Å². The minimum absolute atomic E-state index is 0.242. The van der Waals surface area contributed by atoms with Crippen molar-refractivity contribution in [2.24, 2.45) is 5.92 Å². The second-order valence-corrected chi connectivity index (χ2v) is 5.92. The van der Waals surface area contributed by atoms with Crippen LogP contribution >= 0.6 is 0 Å². The molecule has 1 unspecified atom stereocenters. The largest absolute Gasteiger partial charge is 0.481 e. The molecule has 1 aromatic heterocycles. The number of aliphatic carboxylic acids is 1. The van der Waals surface area contributed by atoms with Crippen LogP contribution in [0.25, 0.3) is 11.1 Å². The van der Waals surface area contributed by atoms with E-state index < -0.39 is 11.9 Å². The molecule has 1 fully saturated rings. The van der Waals surface area contributed by atoms with E-state index in [1.54, 1.807) is 6.20 Å². The molecule has 0 saturated carbocycles. The van der Waals surface area contributed by atoms with Crippen molar-refractivity contribution >= 4 is 17.7 Å². The van der Waals surface area contributed by atoms with E-state index >= 15 is 0 Å². The maximum absolute atomic E-state index is 12.4. The molecule has 2 N–H and O–H groups in total. The molecule has 1 saturated heterocycles. The highest BCUT2D eigenvalue weighted by molar-refractivity contribution is 5.91. The zero-order valence-electron chi connectivity index (χ0n) is 13.4. The fraction of sp³-hybridized carbons (Fsp3) is 0.278. The quantitative estimate of drug-likeness (QED) is 0.909. The number of nitrogens with zero attached hydrogens (tertiary/aromatic N) is 2. The van der Waals surface area contributed by atoms with Crippen LogP contribution in [0.15, 0.2) is 42.6 Å². The Kier molecular flexibility index (Phi) is 4.46. The van der Waals surface area contributed by atoms with Gasteiger partial charge in [-0.3, -0.25) is 9.78 Å². The minimum Gasteiger partial charge on any atom is -0.481 e. The summed E-state index contributed by atoms with van der Waals surface area (Å²) in [5, 5.41) is 11.9. The van der Waals surface area contributed by atoms with E-state index in [-0.39, 0.29) is 12.6 Å². The first kappa shape index (κ1) is 16.0. The highest BCUT2D eigenvalue weighted by atomic mass is 16.4. The van der Waals surface area contributed by atoms with E-state index in [1.165, 1.54) is 4.90 Å². The summed E-state index contributed by atoms with van der Waals surface area (Å²) in [5.41, 5.74) is 3.30.